The first-order valence-electron chi connectivity index (χ1n) is 7.74. The van der Waals surface area contributed by atoms with Crippen LogP contribution >= 0.6 is 11.8 Å². The van der Waals surface area contributed by atoms with Crippen LogP contribution in [0.5, 0.6) is 0 Å². The van der Waals surface area contributed by atoms with Gasteiger partial charge in [0.05, 0.1) is 0 Å². The van der Waals surface area contributed by atoms with Crippen LogP contribution in [0.4, 0.5) is 0 Å². The highest BCUT2D eigenvalue weighted by Crippen LogP contribution is 2.40. The van der Waals surface area contributed by atoms with Gasteiger partial charge in [-0.15, -0.1) is 11.8 Å². The number of fused-ring (bicyclic) bond motifs is 3. The molecule has 0 atom stereocenters. The monoisotopic (exact) mass is 323 g/mol. The molecule has 1 N–H and O–H groups in total. The molecule has 1 aromatic heterocycles. The predicted octanol–water partition coefficient (Wildman–Crippen LogP) is 3.51. The Kier molecular flexibility index (Phi) is 3.71. The quantitative estimate of drug-likeness (QED) is 0.747. The molecule has 0 spiro atoms. The third kappa shape index (κ3) is 2.48. The maximum atomic E-state index is 11.5. The van der Waals surface area contributed by atoms with Crippen molar-refractivity contribution >= 4 is 28.4 Å². The fraction of sp³-hybridized carbons (Fsp3) is 0.211. The molecule has 3 aromatic rings. The number of para-hydroxylation sites is 1. The van der Waals surface area contributed by atoms with Gasteiger partial charge in [0.25, 0.3) is 0 Å². The molecule has 3 nitrogen and oxygen atoms in total. The van der Waals surface area contributed by atoms with Crippen molar-refractivity contribution in [2.75, 3.05) is 12.4 Å². The van der Waals surface area contributed by atoms with E-state index < -0.39 is 6.61 Å². The summed E-state index contributed by atoms with van der Waals surface area (Å²) in [6, 6.07) is 16.1. The number of aliphatic hydroxyl groups is 1. The van der Waals surface area contributed by atoms with Crippen molar-refractivity contribution in [1.29, 1.82) is 0 Å². The van der Waals surface area contributed by atoms with Crippen LogP contribution in [0.2, 0.25) is 0 Å². The molecule has 0 bridgehead atoms. The molecule has 4 rings (SSSR count). The normalized spacial score (nSPS) is 13.4. The summed E-state index contributed by atoms with van der Waals surface area (Å²) < 4.78 is 2.40. The van der Waals surface area contributed by atoms with Gasteiger partial charge in [-0.1, -0.05) is 42.5 Å². The zero-order valence-electron chi connectivity index (χ0n) is 12.7. The van der Waals surface area contributed by atoms with Crippen LogP contribution < -0.4 is 0 Å². The van der Waals surface area contributed by atoms with Crippen molar-refractivity contribution in [2.24, 2.45) is 0 Å². The SMILES string of the molecule is O=C(CO)c1ccc(Cn2c3c(c4ccccc42)SCC3)cc1. The van der Waals surface area contributed by atoms with Crippen LogP contribution in [0.1, 0.15) is 21.6 Å². The first-order valence-corrected chi connectivity index (χ1v) is 8.72. The van der Waals surface area contributed by atoms with Gasteiger partial charge in [0, 0.05) is 39.4 Å². The zero-order valence-corrected chi connectivity index (χ0v) is 13.5. The van der Waals surface area contributed by atoms with E-state index in [2.05, 4.69) is 28.8 Å². The van der Waals surface area contributed by atoms with Gasteiger partial charge in [0.15, 0.2) is 5.78 Å². The molecule has 0 unspecified atom stereocenters. The van der Waals surface area contributed by atoms with Crippen LogP contribution in [0.25, 0.3) is 10.9 Å². The van der Waals surface area contributed by atoms with Gasteiger partial charge in [0.1, 0.15) is 6.61 Å². The van der Waals surface area contributed by atoms with Crippen LogP contribution in [-0.2, 0) is 13.0 Å². The second-order valence-electron chi connectivity index (χ2n) is 5.76. The highest BCUT2D eigenvalue weighted by molar-refractivity contribution is 7.99. The van der Waals surface area contributed by atoms with Crippen molar-refractivity contribution < 1.29 is 9.90 Å². The average Bonchev–Trinajstić information content (AvgIpc) is 3.18. The number of rotatable bonds is 4. The molecule has 0 radical (unpaired) electrons. The molecular formula is C19H17NO2S. The molecular weight excluding hydrogens is 306 g/mol. The number of hydrogen-bond acceptors (Lipinski definition) is 3. The van der Waals surface area contributed by atoms with E-state index in [9.17, 15) is 4.79 Å². The van der Waals surface area contributed by atoms with Crippen LogP contribution in [0.15, 0.2) is 53.4 Å². The maximum absolute atomic E-state index is 11.5. The van der Waals surface area contributed by atoms with Gasteiger partial charge in [0.2, 0.25) is 0 Å². The Morgan fingerprint density at radius 1 is 1.13 bits per heavy atom. The number of aliphatic hydroxyl groups excluding tert-OH is 1. The smallest absolute Gasteiger partial charge is 0.188 e. The van der Waals surface area contributed by atoms with E-state index in [-0.39, 0.29) is 5.78 Å². The lowest BCUT2D eigenvalue weighted by atomic mass is 10.1. The fourth-order valence-corrected chi connectivity index (χ4v) is 4.44. The van der Waals surface area contributed by atoms with E-state index in [4.69, 9.17) is 5.11 Å². The number of benzene rings is 2. The Labute approximate surface area is 138 Å². The summed E-state index contributed by atoms with van der Waals surface area (Å²) in [5.41, 5.74) is 4.43. The first kappa shape index (κ1) is 14.5. The van der Waals surface area contributed by atoms with Crippen LogP contribution in [-0.4, -0.2) is 27.8 Å². The molecule has 1 aliphatic heterocycles. The topological polar surface area (TPSA) is 42.2 Å². The minimum absolute atomic E-state index is 0.236. The van der Waals surface area contributed by atoms with Gasteiger partial charge in [-0.05, 0) is 18.1 Å². The number of ketones is 1. The lowest BCUT2D eigenvalue weighted by Gasteiger charge is -2.10. The molecule has 0 saturated carbocycles. The van der Waals surface area contributed by atoms with Crippen molar-refractivity contribution in [3.05, 3.63) is 65.4 Å². The lowest BCUT2D eigenvalue weighted by molar-refractivity contribution is 0.0903. The summed E-state index contributed by atoms with van der Waals surface area (Å²) in [5, 5.41) is 10.3. The fourth-order valence-electron chi connectivity index (χ4n) is 3.23. The summed E-state index contributed by atoms with van der Waals surface area (Å²) in [6.45, 7) is 0.371. The third-order valence-corrected chi connectivity index (χ3v) is 5.53. The second-order valence-corrected chi connectivity index (χ2v) is 6.86. The van der Waals surface area contributed by atoms with Gasteiger partial charge in [-0.2, -0.15) is 0 Å². The van der Waals surface area contributed by atoms with Gasteiger partial charge in [-0.3, -0.25) is 4.79 Å². The Morgan fingerprint density at radius 2 is 1.91 bits per heavy atom. The van der Waals surface area contributed by atoms with Gasteiger partial charge in [-0.25, -0.2) is 0 Å². The summed E-state index contributed by atoms with van der Waals surface area (Å²) in [4.78, 5) is 12.9. The molecule has 0 aliphatic carbocycles. The van der Waals surface area contributed by atoms with Crippen LogP contribution in [0.3, 0.4) is 0 Å². The minimum atomic E-state index is -0.438. The van der Waals surface area contributed by atoms with E-state index >= 15 is 0 Å². The Hall–Kier alpha value is -2.04. The predicted molar refractivity (Wildman–Crippen MR) is 93.3 cm³/mol. The molecule has 1 aliphatic rings. The molecule has 0 amide bonds. The van der Waals surface area contributed by atoms with E-state index in [1.807, 2.05) is 23.9 Å². The Bertz CT molecular complexity index is 880. The van der Waals surface area contributed by atoms with Crippen molar-refractivity contribution in [3.8, 4) is 0 Å². The summed E-state index contributed by atoms with van der Waals surface area (Å²) >= 11 is 1.94. The standard InChI is InChI=1S/C19H17NO2S/c21-12-18(22)14-7-5-13(6-8-14)11-20-16-4-2-1-3-15(16)19-17(20)9-10-23-19/h1-8,21H,9-12H2. The Balaban J connectivity index is 1.72. The van der Waals surface area contributed by atoms with E-state index in [0.29, 0.717) is 5.56 Å². The number of hydrogen-bond donors (Lipinski definition) is 1. The first-order chi connectivity index (χ1) is 11.3. The maximum Gasteiger partial charge on any atom is 0.188 e. The summed E-state index contributed by atoms with van der Waals surface area (Å²) in [5.74, 6) is 0.916. The average molecular weight is 323 g/mol. The van der Waals surface area contributed by atoms with Crippen LogP contribution in [0, 0.1) is 0 Å². The van der Waals surface area contributed by atoms with Crippen molar-refractivity contribution in [3.63, 3.8) is 0 Å². The molecule has 116 valence electrons. The zero-order chi connectivity index (χ0) is 15.8. The van der Waals surface area contributed by atoms with E-state index in [1.54, 1.807) is 12.1 Å². The molecule has 2 heterocycles. The number of carbonyl (C=O) groups is 1. The Morgan fingerprint density at radius 3 is 2.70 bits per heavy atom. The molecule has 4 heteroatoms. The van der Waals surface area contributed by atoms with Crippen molar-refractivity contribution in [2.45, 2.75) is 17.9 Å². The molecule has 2 aromatic carbocycles. The molecule has 23 heavy (non-hydrogen) atoms. The number of aromatic nitrogens is 1. The highest BCUT2D eigenvalue weighted by atomic mass is 32.2. The number of carbonyl (C=O) groups excluding carboxylic acids is 1. The van der Waals surface area contributed by atoms with Gasteiger partial charge < -0.3 is 9.67 Å². The summed E-state index contributed by atoms with van der Waals surface area (Å²) in [7, 11) is 0. The van der Waals surface area contributed by atoms with Gasteiger partial charge >= 0.3 is 0 Å². The van der Waals surface area contributed by atoms with E-state index in [0.717, 1.165) is 18.7 Å². The highest BCUT2D eigenvalue weighted by Gasteiger charge is 2.21. The lowest BCUT2D eigenvalue weighted by Crippen LogP contribution is -2.06. The second kappa shape index (κ2) is 5.87. The number of thioether (sulfide) groups is 1. The number of nitrogens with zero attached hydrogens (tertiary/aromatic N) is 1. The van der Waals surface area contributed by atoms with E-state index in [1.165, 1.54) is 27.1 Å². The largest absolute Gasteiger partial charge is 0.388 e. The third-order valence-electron chi connectivity index (χ3n) is 4.37. The minimum Gasteiger partial charge on any atom is -0.388 e. The summed E-state index contributed by atoms with van der Waals surface area (Å²) in [6.07, 6.45) is 1.11. The molecule has 0 saturated heterocycles. The number of Topliss-reactive ketones (excluding diaryl/α,β-unsaturated/α-hetero) is 1. The van der Waals surface area contributed by atoms with Crippen molar-refractivity contribution in [1.82, 2.24) is 4.57 Å². The molecule has 0 fully saturated rings.